The lowest BCUT2D eigenvalue weighted by molar-refractivity contribution is -0.146. The van der Waals surface area contributed by atoms with Crippen molar-refractivity contribution in [3.8, 4) is 0 Å². The van der Waals surface area contributed by atoms with Crippen LogP contribution in [0.15, 0.2) is 47.4 Å². The van der Waals surface area contributed by atoms with Gasteiger partial charge in [-0.05, 0) is 71.8 Å². The monoisotopic (exact) mass is 539 g/mol. The lowest BCUT2D eigenvalue weighted by Crippen LogP contribution is -2.49. The summed E-state index contributed by atoms with van der Waals surface area (Å²) in [5.41, 5.74) is -0.105. The third-order valence-corrected chi connectivity index (χ3v) is 7.47. The number of carbonyl (C=O) groups excluding carboxylic acids is 1. The fraction of sp³-hybridized carbons (Fsp3) is 0.316. The van der Waals surface area contributed by atoms with Crippen LogP contribution in [0.4, 0.5) is 18.9 Å². The third-order valence-electron chi connectivity index (χ3n) is 4.90. The maximum atomic E-state index is 13.4. The van der Waals surface area contributed by atoms with Gasteiger partial charge in [-0.25, -0.2) is 8.42 Å². The average molecular weight is 539 g/mol. The Hall–Kier alpha value is -1.82. The van der Waals surface area contributed by atoms with Gasteiger partial charge in [0, 0.05) is 3.57 Å². The van der Waals surface area contributed by atoms with Gasteiger partial charge in [0.1, 0.15) is 0 Å². The Kier molecular flexibility index (Phi) is 5.87. The molecule has 10 heteroatoms. The number of hydrogen-bond donors (Lipinski definition) is 0. The highest BCUT2D eigenvalue weighted by molar-refractivity contribution is 14.1. The van der Waals surface area contributed by atoms with Crippen LogP contribution in [0.25, 0.3) is 0 Å². The summed E-state index contributed by atoms with van der Waals surface area (Å²) in [5, 5.41) is 0. The summed E-state index contributed by atoms with van der Waals surface area (Å²) in [4.78, 5) is 11.8. The number of methoxy groups -OCH3 is 1. The Morgan fingerprint density at radius 1 is 1.21 bits per heavy atom. The van der Waals surface area contributed by atoms with Crippen LogP contribution in [0.3, 0.4) is 0 Å². The van der Waals surface area contributed by atoms with Crippen LogP contribution >= 0.6 is 22.6 Å². The molecule has 2 aromatic rings. The lowest BCUT2D eigenvalue weighted by atomic mass is 9.88. The van der Waals surface area contributed by atoms with Crippen molar-refractivity contribution in [3.63, 3.8) is 0 Å². The van der Waals surface area contributed by atoms with E-state index >= 15 is 0 Å². The minimum Gasteiger partial charge on any atom is -0.469 e. The molecule has 29 heavy (non-hydrogen) atoms. The molecule has 0 radical (unpaired) electrons. The molecule has 1 heterocycles. The zero-order valence-corrected chi connectivity index (χ0v) is 18.4. The molecular weight excluding hydrogens is 522 g/mol. The highest BCUT2D eigenvalue weighted by atomic mass is 127. The number of nitrogens with zero attached hydrogens (tertiary/aromatic N) is 1. The van der Waals surface area contributed by atoms with Crippen LogP contribution in [-0.4, -0.2) is 27.5 Å². The number of ether oxygens (including phenoxy) is 1. The van der Waals surface area contributed by atoms with Crippen LogP contribution in [0.2, 0.25) is 0 Å². The van der Waals surface area contributed by atoms with Crippen LogP contribution < -0.4 is 4.31 Å². The zero-order chi connectivity index (χ0) is 21.6. The van der Waals surface area contributed by atoms with Crippen LogP contribution in [-0.2, 0) is 32.2 Å². The smallest absolute Gasteiger partial charge is 0.416 e. The van der Waals surface area contributed by atoms with Gasteiger partial charge in [0.05, 0.1) is 35.2 Å². The van der Waals surface area contributed by atoms with E-state index in [0.29, 0.717) is 17.3 Å². The molecule has 0 N–H and O–H groups in total. The third kappa shape index (κ3) is 4.09. The number of halogens is 4. The Labute approximate surface area is 180 Å². The van der Waals surface area contributed by atoms with E-state index < -0.39 is 44.6 Å². The molecule has 1 aliphatic rings. The van der Waals surface area contributed by atoms with Crippen molar-refractivity contribution in [2.45, 2.75) is 30.5 Å². The summed E-state index contributed by atoms with van der Waals surface area (Å²) in [6, 6.07) is 7.89. The van der Waals surface area contributed by atoms with Crippen molar-refractivity contribution in [3.05, 3.63) is 57.2 Å². The molecule has 0 unspecified atom stereocenters. The van der Waals surface area contributed by atoms with Gasteiger partial charge in [0.2, 0.25) is 0 Å². The van der Waals surface area contributed by atoms with Crippen molar-refractivity contribution in [2.75, 3.05) is 11.4 Å². The van der Waals surface area contributed by atoms with E-state index in [0.717, 1.165) is 26.1 Å². The molecule has 5 nitrogen and oxygen atoms in total. The largest absolute Gasteiger partial charge is 0.469 e. The molecule has 0 amide bonds. The lowest BCUT2D eigenvalue weighted by Gasteiger charge is -2.40. The van der Waals surface area contributed by atoms with E-state index in [-0.39, 0.29) is 6.42 Å². The number of alkyl halides is 3. The minimum absolute atomic E-state index is 0.273. The van der Waals surface area contributed by atoms with Crippen molar-refractivity contribution in [2.24, 2.45) is 5.92 Å². The predicted molar refractivity (Wildman–Crippen MR) is 109 cm³/mol. The summed E-state index contributed by atoms with van der Waals surface area (Å²) in [7, 11) is -3.16. The van der Waals surface area contributed by atoms with E-state index in [2.05, 4.69) is 0 Å². The summed E-state index contributed by atoms with van der Waals surface area (Å²) in [5.74, 6) is -1.36. The molecule has 156 valence electrons. The van der Waals surface area contributed by atoms with E-state index in [4.69, 9.17) is 4.74 Å². The van der Waals surface area contributed by atoms with Crippen LogP contribution in [0, 0.1) is 9.49 Å². The molecule has 0 saturated heterocycles. The normalized spacial score (nSPS) is 19.6. The van der Waals surface area contributed by atoms with Crippen LogP contribution in [0.1, 0.15) is 18.1 Å². The highest BCUT2D eigenvalue weighted by Gasteiger charge is 2.43. The minimum atomic E-state index is -4.68. The second-order valence-electron chi connectivity index (χ2n) is 6.67. The van der Waals surface area contributed by atoms with Gasteiger partial charge in [0.25, 0.3) is 10.0 Å². The summed E-state index contributed by atoms with van der Waals surface area (Å²) < 4.78 is 72.8. The predicted octanol–water partition coefficient (Wildman–Crippen LogP) is 4.24. The molecule has 0 aromatic heterocycles. The van der Waals surface area contributed by atoms with E-state index in [9.17, 15) is 26.4 Å². The number of rotatable bonds is 3. The first-order chi connectivity index (χ1) is 13.5. The van der Waals surface area contributed by atoms with Gasteiger partial charge in [-0.1, -0.05) is 12.1 Å². The molecule has 0 aliphatic carbocycles. The van der Waals surface area contributed by atoms with Crippen molar-refractivity contribution >= 4 is 44.3 Å². The molecule has 0 saturated carbocycles. The van der Waals surface area contributed by atoms with E-state index in [1.165, 1.54) is 7.11 Å². The van der Waals surface area contributed by atoms with Gasteiger partial charge in [-0.3, -0.25) is 9.10 Å². The van der Waals surface area contributed by atoms with E-state index in [1.807, 2.05) is 22.6 Å². The van der Waals surface area contributed by atoms with Gasteiger partial charge >= 0.3 is 12.1 Å². The van der Waals surface area contributed by atoms with Crippen molar-refractivity contribution in [1.82, 2.24) is 0 Å². The number of sulfonamides is 1. The summed E-state index contributed by atoms with van der Waals surface area (Å²) in [6.07, 6.45) is -4.41. The number of anilines is 1. The molecule has 0 fully saturated rings. The van der Waals surface area contributed by atoms with Gasteiger partial charge < -0.3 is 4.74 Å². The maximum Gasteiger partial charge on any atom is 0.416 e. The maximum absolute atomic E-state index is 13.4. The average Bonchev–Trinajstić information content (AvgIpc) is 2.66. The molecule has 3 rings (SSSR count). The number of fused-ring (bicyclic) bond motifs is 1. The topological polar surface area (TPSA) is 63.7 Å². The number of hydrogen-bond acceptors (Lipinski definition) is 4. The fourth-order valence-electron chi connectivity index (χ4n) is 3.43. The molecule has 1 aliphatic heterocycles. The molecule has 2 aromatic carbocycles. The molecule has 0 spiro atoms. The quantitative estimate of drug-likeness (QED) is 0.433. The zero-order valence-electron chi connectivity index (χ0n) is 15.4. The first kappa shape index (κ1) is 21.9. The van der Waals surface area contributed by atoms with Crippen molar-refractivity contribution in [1.29, 1.82) is 0 Å². The Morgan fingerprint density at radius 2 is 1.90 bits per heavy atom. The summed E-state index contributed by atoms with van der Waals surface area (Å²) in [6.45, 7) is 1.55. The Morgan fingerprint density at radius 3 is 2.52 bits per heavy atom. The molecular formula is C19H17F3INO4S. The number of carbonyl (C=O) groups is 1. The molecule has 2 atom stereocenters. The van der Waals surface area contributed by atoms with Crippen molar-refractivity contribution < 1.29 is 31.1 Å². The van der Waals surface area contributed by atoms with Gasteiger partial charge in [0.15, 0.2) is 0 Å². The second-order valence-corrected chi connectivity index (χ2v) is 9.73. The Balaban J connectivity index is 2.19. The first-order valence-electron chi connectivity index (χ1n) is 8.54. The fourth-order valence-corrected chi connectivity index (χ4v) is 5.67. The Bertz CT molecular complexity index is 1060. The van der Waals surface area contributed by atoms with Crippen LogP contribution in [0.5, 0.6) is 0 Å². The van der Waals surface area contributed by atoms with E-state index in [1.54, 1.807) is 25.1 Å². The van der Waals surface area contributed by atoms with Gasteiger partial charge in [-0.2, -0.15) is 13.2 Å². The number of benzene rings is 2. The molecule has 0 bridgehead atoms. The second kappa shape index (κ2) is 7.78. The highest BCUT2D eigenvalue weighted by Crippen LogP contribution is 2.40. The van der Waals surface area contributed by atoms with Gasteiger partial charge in [-0.15, -0.1) is 0 Å². The first-order valence-corrected chi connectivity index (χ1v) is 11.1. The summed E-state index contributed by atoms with van der Waals surface area (Å²) >= 11 is 2.03. The SMILES string of the molecule is COC(=O)[C@@H]1Cc2ccc(I)cc2N(S(=O)(=O)c2cccc(C(F)(F)F)c2)[C@@H]1C. The standard InChI is InChI=1S/C19H17F3INO4S/c1-11-16(18(25)28-2)8-12-6-7-14(23)10-17(12)24(11)29(26,27)15-5-3-4-13(9-15)19(20,21)22/h3-7,9-11,16H,8H2,1-2H3/t11-,16-/m1/s1. The number of esters is 1.